The van der Waals surface area contributed by atoms with E-state index in [1.807, 2.05) is 30.5 Å². The average molecular weight is 462 g/mol. The molecule has 0 fully saturated rings. The van der Waals surface area contributed by atoms with Crippen LogP contribution in [-0.4, -0.2) is 48.4 Å². The van der Waals surface area contributed by atoms with E-state index in [-0.39, 0.29) is 19.6 Å². The molecule has 9 heteroatoms. The number of aldehydes is 3. The third kappa shape index (κ3) is 6.23. The van der Waals surface area contributed by atoms with Gasteiger partial charge in [-0.05, 0) is 43.8 Å². The summed E-state index contributed by atoms with van der Waals surface area (Å²) in [5.41, 5.74) is 10.8. The minimum atomic E-state index is -0.460. The maximum atomic E-state index is 11.6. The Kier molecular flexibility index (Phi) is 8.81. The van der Waals surface area contributed by atoms with Gasteiger partial charge in [-0.3, -0.25) is 9.69 Å². The fourth-order valence-electron chi connectivity index (χ4n) is 3.56. The highest BCUT2D eigenvalue weighted by Gasteiger charge is 2.18. The summed E-state index contributed by atoms with van der Waals surface area (Å²) in [6.45, 7) is 0.280. The van der Waals surface area contributed by atoms with Gasteiger partial charge in [0, 0.05) is 53.1 Å². The summed E-state index contributed by atoms with van der Waals surface area (Å²) >= 11 is 0. The normalized spacial score (nSPS) is 12.4. The minimum absolute atomic E-state index is 0.00414. The van der Waals surface area contributed by atoms with Crippen LogP contribution in [0, 0.1) is 5.53 Å². The Balaban J connectivity index is 1.72. The molecule has 0 saturated heterocycles. The van der Waals surface area contributed by atoms with Crippen LogP contribution in [0.15, 0.2) is 65.7 Å². The van der Waals surface area contributed by atoms with Crippen molar-refractivity contribution in [3.05, 3.63) is 71.7 Å². The lowest BCUT2D eigenvalue weighted by atomic mass is 10.1. The van der Waals surface area contributed by atoms with Crippen LogP contribution in [0.25, 0.3) is 10.9 Å². The Hall–Kier alpha value is -4.11. The number of carbonyl (C=O) groups is 3. The average Bonchev–Trinajstić information content (AvgIpc) is 3.33. The van der Waals surface area contributed by atoms with Gasteiger partial charge in [-0.15, -0.1) is 0 Å². The highest BCUT2D eigenvalue weighted by atomic mass is 16.5. The number of hydrogen-bond acceptors (Lipinski definition) is 8. The number of aromatic nitrogens is 1. The van der Waals surface area contributed by atoms with E-state index >= 15 is 0 Å². The lowest BCUT2D eigenvalue weighted by Gasteiger charge is -2.25. The third-order valence-corrected chi connectivity index (χ3v) is 5.49. The van der Waals surface area contributed by atoms with E-state index in [0.29, 0.717) is 29.0 Å². The van der Waals surface area contributed by atoms with E-state index < -0.39 is 6.04 Å². The largest absolute Gasteiger partial charge is 0.487 e. The lowest BCUT2D eigenvalue weighted by molar-refractivity contribution is -0.113. The molecule has 1 atom stereocenters. The number of carbonyl (C=O) groups excluding carboxylic acids is 3. The number of H-pyrrole nitrogens is 1. The number of likely N-dealkylation sites (N-methyl/N-ethyl adjacent to an activating group) is 1. The summed E-state index contributed by atoms with van der Waals surface area (Å²) < 4.78 is 5.92. The van der Waals surface area contributed by atoms with E-state index in [0.717, 1.165) is 35.4 Å². The first kappa shape index (κ1) is 24.5. The summed E-state index contributed by atoms with van der Waals surface area (Å²) in [5.74, 6) is 0.458. The second-order valence-corrected chi connectivity index (χ2v) is 7.76. The summed E-state index contributed by atoms with van der Waals surface area (Å²) in [6, 6.07) is 12.5. The molecule has 3 rings (SSSR count). The molecular weight excluding hydrogens is 434 g/mol. The van der Waals surface area contributed by atoms with Crippen molar-refractivity contribution in [3.8, 4) is 5.75 Å². The maximum Gasteiger partial charge on any atom is 0.150 e. The SMILES string of the molecule is CN(Cc1c(C=O)cccc1OC/C(=C/Nc1ccc2[nH]ccc2c1)N=N)C(C=O)CCC=O. The molecule has 1 unspecified atom stereocenters. The molecule has 1 heterocycles. The van der Waals surface area contributed by atoms with Crippen LogP contribution in [0.1, 0.15) is 28.8 Å². The molecule has 0 amide bonds. The Morgan fingerprint density at radius 2 is 2.09 bits per heavy atom. The summed E-state index contributed by atoms with van der Waals surface area (Å²) in [7, 11) is 1.75. The molecular formula is C25H27N5O4. The number of rotatable bonds is 14. The van der Waals surface area contributed by atoms with Gasteiger partial charge in [-0.25, -0.2) is 5.53 Å². The van der Waals surface area contributed by atoms with Crippen molar-refractivity contribution < 1.29 is 19.1 Å². The van der Waals surface area contributed by atoms with Crippen molar-refractivity contribution >= 4 is 35.4 Å². The zero-order valence-corrected chi connectivity index (χ0v) is 18.9. The number of benzene rings is 2. The molecule has 0 aliphatic rings. The summed E-state index contributed by atoms with van der Waals surface area (Å²) in [5, 5.41) is 7.72. The van der Waals surface area contributed by atoms with Crippen molar-refractivity contribution in [1.29, 1.82) is 5.53 Å². The first-order valence-electron chi connectivity index (χ1n) is 10.8. The van der Waals surface area contributed by atoms with Gasteiger partial charge < -0.3 is 24.6 Å². The van der Waals surface area contributed by atoms with Gasteiger partial charge in [-0.1, -0.05) is 12.1 Å². The first-order valence-corrected chi connectivity index (χ1v) is 10.8. The molecule has 0 radical (unpaired) electrons. The molecule has 2 aromatic carbocycles. The molecule has 176 valence electrons. The van der Waals surface area contributed by atoms with Crippen molar-refractivity contribution in [1.82, 2.24) is 9.88 Å². The van der Waals surface area contributed by atoms with E-state index in [1.165, 1.54) is 0 Å². The number of anilines is 1. The number of nitrogens with one attached hydrogen (secondary N) is 3. The zero-order valence-electron chi connectivity index (χ0n) is 18.9. The second kappa shape index (κ2) is 12.2. The molecule has 0 aliphatic heterocycles. The number of ether oxygens (including phenoxy) is 1. The van der Waals surface area contributed by atoms with Crippen LogP contribution in [-0.2, 0) is 16.1 Å². The van der Waals surface area contributed by atoms with E-state index in [2.05, 4.69) is 15.4 Å². The number of hydrogen-bond donors (Lipinski definition) is 3. The highest BCUT2D eigenvalue weighted by Crippen LogP contribution is 2.25. The Labute approximate surface area is 197 Å². The fourth-order valence-corrected chi connectivity index (χ4v) is 3.56. The van der Waals surface area contributed by atoms with Crippen LogP contribution < -0.4 is 10.1 Å². The van der Waals surface area contributed by atoms with Gasteiger partial charge in [-0.2, -0.15) is 5.11 Å². The smallest absolute Gasteiger partial charge is 0.150 e. The van der Waals surface area contributed by atoms with Crippen LogP contribution in [0.4, 0.5) is 5.69 Å². The Bertz CT molecular complexity index is 1190. The topological polar surface area (TPSA) is 128 Å². The first-order chi connectivity index (χ1) is 16.6. The van der Waals surface area contributed by atoms with E-state index in [4.69, 9.17) is 10.3 Å². The Morgan fingerprint density at radius 3 is 2.82 bits per heavy atom. The molecule has 0 aliphatic carbocycles. The van der Waals surface area contributed by atoms with E-state index in [9.17, 15) is 14.4 Å². The van der Waals surface area contributed by atoms with Crippen LogP contribution in [0.5, 0.6) is 5.75 Å². The molecule has 9 nitrogen and oxygen atoms in total. The minimum Gasteiger partial charge on any atom is -0.487 e. The Morgan fingerprint density at radius 1 is 1.24 bits per heavy atom. The molecule has 3 N–H and O–H groups in total. The molecule has 1 aromatic heterocycles. The van der Waals surface area contributed by atoms with Crippen molar-refractivity contribution in [2.45, 2.75) is 25.4 Å². The molecule has 34 heavy (non-hydrogen) atoms. The predicted octanol–water partition coefficient (Wildman–Crippen LogP) is 4.32. The standard InChI is InChI=1S/C25H27N5O4/c1-30(22(16-33)5-3-11-31)14-23-19(15-32)4-2-6-25(23)34-17-21(29-26)13-28-20-7-8-24-18(12-20)9-10-27-24/h2,4,6-13,15-16,22,26-28H,3,5,14,17H2,1H3/b21-13-,29-26?. The number of aromatic amines is 1. The van der Waals surface area contributed by atoms with Gasteiger partial charge in [0.1, 0.15) is 30.6 Å². The maximum absolute atomic E-state index is 11.6. The summed E-state index contributed by atoms with van der Waals surface area (Å²) in [6.07, 6.45) is 6.44. The fraction of sp³-hybridized carbons (Fsp3) is 0.240. The summed E-state index contributed by atoms with van der Waals surface area (Å²) in [4.78, 5) is 38.7. The van der Waals surface area contributed by atoms with Gasteiger partial charge >= 0.3 is 0 Å². The van der Waals surface area contributed by atoms with Gasteiger partial charge in [0.2, 0.25) is 0 Å². The molecule has 0 bridgehead atoms. The van der Waals surface area contributed by atoms with Crippen molar-refractivity contribution in [2.75, 3.05) is 19.0 Å². The van der Waals surface area contributed by atoms with Crippen LogP contribution >= 0.6 is 0 Å². The van der Waals surface area contributed by atoms with Crippen LogP contribution in [0.2, 0.25) is 0 Å². The quantitative estimate of drug-likeness (QED) is 0.242. The number of nitrogens with zero attached hydrogens (tertiary/aromatic N) is 2. The lowest BCUT2D eigenvalue weighted by Crippen LogP contribution is -2.33. The predicted molar refractivity (Wildman–Crippen MR) is 129 cm³/mol. The third-order valence-electron chi connectivity index (χ3n) is 5.49. The van der Waals surface area contributed by atoms with Crippen LogP contribution in [0.3, 0.4) is 0 Å². The van der Waals surface area contributed by atoms with Crippen molar-refractivity contribution in [2.24, 2.45) is 5.11 Å². The van der Waals surface area contributed by atoms with Gasteiger partial charge in [0.25, 0.3) is 0 Å². The zero-order chi connectivity index (χ0) is 24.3. The number of fused-ring (bicyclic) bond motifs is 1. The van der Waals surface area contributed by atoms with Gasteiger partial charge in [0.05, 0.1) is 6.04 Å². The second-order valence-electron chi connectivity index (χ2n) is 7.76. The highest BCUT2D eigenvalue weighted by molar-refractivity contribution is 5.83. The molecule has 3 aromatic rings. The van der Waals surface area contributed by atoms with E-state index in [1.54, 1.807) is 36.3 Å². The molecule has 0 saturated carbocycles. The monoisotopic (exact) mass is 461 g/mol. The van der Waals surface area contributed by atoms with Crippen molar-refractivity contribution in [3.63, 3.8) is 0 Å². The molecule has 0 spiro atoms. The van der Waals surface area contributed by atoms with Gasteiger partial charge in [0.15, 0.2) is 6.29 Å².